The summed E-state index contributed by atoms with van der Waals surface area (Å²) in [5, 5.41) is 15.4. The van der Waals surface area contributed by atoms with Gasteiger partial charge in [0.25, 0.3) is 0 Å². The number of anilines is 1. The van der Waals surface area contributed by atoms with Crippen LogP contribution in [-0.2, 0) is 17.8 Å². The highest BCUT2D eigenvalue weighted by Crippen LogP contribution is 2.39. The van der Waals surface area contributed by atoms with E-state index in [2.05, 4.69) is 60.2 Å². The molecule has 1 amide bonds. The van der Waals surface area contributed by atoms with Crippen molar-refractivity contribution in [3.63, 3.8) is 0 Å². The van der Waals surface area contributed by atoms with Crippen LogP contribution in [0.5, 0.6) is 0 Å². The van der Waals surface area contributed by atoms with Crippen molar-refractivity contribution in [2.75, 3.05) is 24.7 Å². The molecule has 0 aliphatic carbocycles. The highest BCUT2D eigenvalue weighted by Gasteiger charge is 2.25. The Bertz CT molecular complexity index is 1180. The number of rotatable bonds is 5. The molecule has 0 saturated heterocycles. The highest BCUT2D eigenvalue weighted by molar-refractivity contribution is 9.11. The predicted molar refractivity (Wildman–Crippen MR) is 131 cm³/mol. The number of nitriles is 1. The summed E-state index contributed by atoms with van der Waals surface area (Å²) < 4.78 is 1.50. The number of likely N-dealkylation sites (N-methyl/N-ethyl adjacent to an activating group) is 1. The van der Waals surface area contributed by atoms with Gasteiger partial charge in [-0.2, -0.15) is 5.26 Å². The molecule has 1 aliphatic heterocycles. The van der Waals surface area contributed by atoms with E-state index in [9.17, 15) is 10.1 Å². The fraction of sp³-hybridized carbons (Fsp3) is 0.238. The lowest BCUT2D eigenvalue weighted by Crippen LogP contribution is -2.28. The monoisotopic (exact) mass is 577 g/mol. The molecule has 3 aromatic rings. The van der Waals surface area contributed by atoms with Crippen LogP contribution in [0.15, 0.2) is 43.7 Å². The Hall–Kier alpha value is -1.77. The van der Waals surface area contributed by atoms with E-state index >= 15 is 0 Å². The van der Waals surface area contributed by atoms with Gasteiger partial charge in [0.05, 0.1) is 15.8 Å². The Morgan fingerprint density at radius 1 is 1.45 bits per heavy atom. The van der Waals surface area contributed by atoms with Crippen LogP contribution in [0.3, 0.4) is 0 Å². The first-order chi connectivity index (χ1) is 15.0. The molecule has 1 N–H and O–H groups in total. The van der Waals surface area contributed by atoms with Crippen LogP contribution in [0.4, 0.5) is 5.82 Å². The molecule has 4 heterocycles. The molecule has 6 nitrogen and oxygen atoms in total. The number of amides is 1. The fourth-order valence-electron chi connectivity index (χ4n) is 3.38. The maximum atomic E-state index is 12.5. The molecule has 0 radical (unpaired) electrons. The van der Waals surface area contributed by atoms with Crippen molar-refractivity contribution in [2.45, 2.75) is 18.0 Å². The van der Waals surface area contributed by atoms with E-state index in [0.29, 0.717) is 20.9 Å². The molecule has 0 spiro atoms. The number of pyridine rings is 2. The minimum atomic E-state index is -0.207. The number of carbonyl (C=O) groups is 1. The van der Waals surface area contributed by atoms with Crippen LogP contribution >= 0.6 is 55.0 Å². The molecule has 0 fully saturated rings. The van der Waals surface area contributed by atoms with Crippen molar-refractivity contribution in [2.24, 2.45) is 0 Å². The van der Waals surface area contributed by atoms with Crippen molar-refractivity contribution in [3.05, 3.63) is 55.5 Å². The molecule has 0 bridgehead atoms. The van der Waals surface area contributed by atoms with Crippen LogP contribution in [0, 0.1) is 11.3 Å². The second-order valence-corrected chi connectivity index (χ2v) is 10.7. The number of aromatic nitrogens is 2. The zero-order valence-electron chi connectivity index (χ0n) is 16.5. The summed E-state index contributed by atoms with van der Waals surface area (Å²) in [5.74, 6) is 0.380. The van der Waals surface area contributed by atoms with Gasteiger partial charge < -0.3 is 10.2 Å². The van der Waals surface area contributed by atoms with Crippen molar-refractivity contribution in [1.82, 2.24) is 14.9 Å². The summed E-state index contributed by atoms with van der Waals surface area (Å²) in [6.45, 7) is 1.68. The summed E-state index contributed by atoms with van der Waals surface area (Å²) in [6, 6.07) is 8.20. The SMILES string of the molecule is CN1CCc2nc(SCC(=O)Nc3ncc(Br)cc3Br)c(C#N)c(-c3cccs3)c2C1. The van der Waals surface area contributed by atoms with E-state index in [-0.39, 0.29) is 11.7 Å². The number of thioether (sulfide) groups is 1. The van der Waals surface area contributed by atoms with Crippen LogP contribution in [-0.4, -0.2) is 40.1 Å². The van der Waals surface area contributed by atoms with E-state index in [1.54, 1.807) is 17.5 Å². The highest BCUT2D eigenvalue weighted by atomic mass is 79.9. The van der Waals surface area contributed by atoms with Gasteiger partial charge in [-0.15, -0.1) is 11.3 Å². The van der Waals surface area contributed by atoms with E-state index < -0.39 is 0 Å². The average molecular weight is 579 g/mol. The quantitative estimate of drug-likeness (QED) is 0.413. The Labute approximate surface area is 205 Å². The molecular weight excluding hydrogens is 562 g/mol. The smallest absolute Gasteiger partial charge is 0.235 e. The van der Waals surface area contributed by atoms with E-state index in [4.69, 9.17) is 4.98 Å². The first-order valence-electron chi connectivity index (χ1n) is 9.38. The fourth-order valence-corrected chi connectivity index (χ4v) is 6.08. The van der Waals surface area contributed by atoms with Crippen LogP contribution in [0.1, 0.15) is 16.8 Å². The van der Waals surface area contributed by atoms with E-state index in [1.807, 2.05) is 23.6 Å². The molecule has 0 aromatic carbocycles. The number of halogens is 2. The third-order valence-corrected chi connectivity index (χ3v) is 7.69. The Morgan fingerprint density at radius 2 is 2.29 bits per heavy atom. The summed E-state index contributed by atoms with van der Waals surface area (Å²) in [5.41, 5.74) is 3.62. The average Bonchev–Trinajstić information content (AvgIpc) is 3.27. The predicted octanol–water partition coefficient (Wildman–Crippen LogP) is 5.32. The van der Waals surface area contributed by atoms with Crippen molar-refractivity contribution < 1.29 is 4.79 Å². The number of carbonyl (C=O) groups excluding carboxylic acids is 1. The van der Waals surface area contributed by atoms with E-state index in [0.717, 1.165) is 45.7 Å². The largest absolute Gasteiger partial charge is 0.309 e. The van der Waals surface area contributed by atoms with Gasteiger partial charge in [-0.1, -0.05) is 17.8 Å². The Kier molecular flexibility index (Phi) is 7.08. The summed E-state index contributed by atoms with van der Waals surface area (Å²) in [7, 11) is 2.08. The Balaban J connectivity index is 1.62. The van der Waals surface area contributed by atoms with Gasteiger partial charge in [-0.25, -0.2) is 9.97 Å². The summed E-state index contributed by atoms with van der Waals surface area (Å²) >= 11 is 9.65. The maximum Gasteiger partial charge on any atom is 0.235 e. The lowest BCUT2D eigenvalue weighted by Gasteiger charge is -2.27. The summed E-state index contributed by atoms with van der Waals surface area (Å²) in [4.78, 5) is 24.9. The molecule has 10 heteroatoms. The molecule has 1 aliphatic rings. The van der Waals surface area contributed by atoms with Crippen LogP contribution in [0.25, 0.3) is 10.4 Å². The molecular formula is C21H17Br2N5OS2. The van der Waals surface area contributed by atoms with Gasteiger partial charge in [-0.05, 0) is 62.0 Å². The second kappa shape index (κ2) is 9.79. The molecule has 3 aromatic heterocycles. The normalized spacial score (nSPS) is 13.5. The zero-order valence-corrected chi connectivity index (χ0v) is 21.3. The van der Waals surface area contributed by atoms with Crippen molar-refractivity contribution >= 4 is 66.7 Å². The first kappa shape index (κ1) is 22.4. The molecule has 158 valence electrons. The number of nitrogens with zero attached hydrogens (tertiary/aromatic N) is 4. The minimum absolute atomic E-state index is 0.133. The number of hydrogen-bond acceptors (Lipinski definition) is 7. The number of fused-ring (bicyclic) bond motifs is 1. The van der Waals surface area contributed by atoms with Gasteiger partial charge in [0, 0.05) is 46.3 Å². The number of thiophene rings is 1. The maximum absolute atomic E-state index is 12.5. The van der Waals surface area contributed by atoms with Crippen molar-refractivity contribution in [3.8, 4) is 16.5 Å². The van der Waals surface area contributed by atoms with Crippen molar-refractivity contribution in [1.29, 1.82) is 5.26 Å². The second-order valence-electron chi connectivity index (χ2n) is 6.99. The number of nitrogens with one attached hydrogen (secondary N) is 1. The van der Waals surface area contributed by atoms with Gasteiger partial charge in [-0.3, -0.25) is 4.79 Å². The van der Waals surface area contributed by atoms with Gasteiger partial charge in [0.15, 0.2) is 0 Å². The van der Waals surface area contributed by atoms with Crippen LogP contribution in [0.2, 0.25) is 0 Å². The molecule has 31 heavy (non-hydrogen) atoms. The first-order valence-corrected chi connectivity index (χ1v) is 12.8. The molecule has 0 atom stereocenters. The third kappa shape index (κ3) is 5.02. The van der Waals surface area contributed by atoms with Gasteiger partial charge in [0.2, 0.25) is 5.91 Å². The zero-order chi connectivity index (χ0) is 22.0. The standard InChI is InChI=1S/C21H17Br2N5OS2/c1-28-5-4-16-14(10-28)19(17-3-2-6-30-17)13(8-24)21(26-16)31-11-18(29)27-20-15(23)7-12(22)9-25-20/h2-3,6-7,9H,4-5,10-11H2,1H3,(H,25,27,29). The lowest BCUT2D eigenvalue weighted by atomic mass is 9.96. The van der Waals surface area contributed by atoms with Gasteiger partial charge in [0.1, 0.15) is 16.9 Å². The van der Waals surface area contributed by atoms with E-state index in [1.165, 1.54) is 11.8 Å². The summed E-state index contributed by atoms with van der Waals surface area (Å²) in [6.07, 6.45) is 2.45. The minimum Gasteiger partial charge on any atom is -0.309 e. The molecule has 0 saturated carbocycles. The van der Waals surface area contributed by atoms with Gasteiger partial charge >= 0.3 is 0 Å². The number of hydrogen-bond donors (Lipinski definition) is 1. The van der Waals surface area contributed by atoms with Crippen LogP contribution < -0.4 is 5.32 Å². The molecule has 4 rings (SSSR count). The lowest BCUT2D eigenvalue weighted by molar-refractivity contribution is -0.113. The third-order valence-electron chi connectivity index (χ3n) is 4.79. The Morgan fingerprint density at radius 3 is 3.00 bits per heavy atom. The molecule has 0 unspecified atom stereocenters. The topological polar surface area (TPSA) is 81.9 Å².